The van der Waals surface area contributed by atoms with Crippen molar-refractivity contribution in [3.63, 3.8) is 0 Å². The van der Waals surface area contributed by atoms with Gasteiger partial charge in [-0.2, -0.15) is 0 Å². The van der Waals surface area contributed by atoms with Gasteiger partial charge in [-0.3, -0.25) is 0 Å². The second-order valence-electron chi connectivity index (χ2n) is 2.92. The summed E-state index contributed by atoms with van der Waals surface area (Å²) in [7, 11) is 0. The van der Waals surface area contributed by atoms with Crippen LogP contribution in [0.4, 0.5) is 8.78 Å². The van der Waals surface area contributed by atoms with Gasteiger partial charge in [-0.05, 0) is 36.7 Å². The molecule has 78 valence electrons. The fraction of sp³-hybridized carbons (Fsp3) is 0.400. The van der Waals surface area contributed by atoms with E-state index >= 15 is 0 Å². The van der Waals surface area contributed by atoms with Crippen molar-refractivity contribution in [2.45, 2.75) is 6.42 Å². The highest BCUT2D eigenvalue weighted by Crippen LogP contribution is 2.09. The molecule has 1 rings (SSSR count). The van der Waals surface area contributed by atoms with Gasteiger partial charge in [0.05, 0.1) is 0 Å². The Bertz CT molecular complexity index is 291. The van der Waals surface area contributed by atoms with Crippen molar-refractivity contribution in [2.24, 2.45) is 0 Å². The predicted octanol–water partition coefficient (Wildman–Crippen LogP) is 2.34. The summed E-state index contributed by atoms with van der Waals surface area (Å²) in [5, 5.41) is 3.01. The van der Waals surface area contributed by atoms with E-state index in [4.69, 9.17) is 11.6 Å². The minimum absolute atomic E-state index is 0.362. The summed E-state index contributed by atoms with van der Waals surface area (Å²) < 4.78 is 25.8. The van der Waals surface area contributed by atoms with Crippen LogP contribution in [0.2, 0.25) is 0 Å². The van der Waals surface area contributed by atoms with Gasteiger partial charge in [-0.15, -0.1) is 11.6 Å². The zero-order valence-electron chi connectivity index (χ0n) is 7.69. The zero-order chi connectivity index (χ0) is 10.4. The number of alkyl halides is 1. The van der Waals surface area contributed by atoms with Crippen LogP contribution >= 0.6 is 11.6 Å². The van der Waals surface area contributed by atoms with Crippen molar-refractivity contribution in [1.29, 1.82) is 0 Å². The Morgan fingerprint density at radius 1 is 1.21 bits per heavy atom. The molecular weight excluding hydrogens is 208 g/mol. The number of hydrogen-bond acceptors (Lipinski definition) is 1. The summed E-state index contributed by atoms with van der Waals surface area (Å²) in [6.07, 6.45) is 0.473. The highest BCUT2D eigenvalue weighted by atomic mass is 35.5. The van der Waals surface area contributed by atoms with E-state index in [1.165, 1.54) is 6.07 Å². The van der Waals surface area contributed by atoms with E-state index in [0.29, 0.717) is 31.0 Å². The van der Waals surface area contributed by atoms with Crippen molar-refractivity contribution in [3.05, 3.63) is 35.4 Å². The Morgan fingerprint density at radius 3 is 2.71 bits per heavy atom. The molecule has 0 saturated carbocycles. The molecule has 1 N–H and O–H groups in total. The molecule has 0 bridgehead atoms. The molecule has 0 aliphatic rings. The van der Waals surface area contributed by atoms with Gasteiger partial charge in [0.2, 0.25) is 0 Å². The van der Waals surface area contributed by atoms with E-state index in [1.54, 1.807) is 0 Å². The largest absolute Gasteiger partial charge is 0.315 e. The van der Waals surface area contributed by atoms with Crippen molar-refractivity contribution in [1.82, 2.24) is 5.32 Å². The average molecular weight is 220 g/mol. The van der Waals surface area contributed by atoms with E-state index < -0.39 is 5.82 Å². The second kappa shape index (κ2) is 5.94. The molecular formula is C10H12ClF2N. The molecule has 1 aromatic rings. The van der Waals surface area contributed by atoms with Crippen LogP contribution in [0.1, 0.15) is 5.56 Å². The number of rotatable bonds is 5. The molecule has 0 amide bonds. The minimum atomic E-state index is -0.404. The molecule has 14 heavy (non-hydrogen) atoms. The van der Waals surface area contributed by atoms with Crippen molar-refractivity contribution < 1.29 is 8.78 Å². The summed E-state index contributed by atoms with van der Waals surface area (Å²) in [6, 6.07) is 3.48. The van der Waals surface area contributed by atoms with Gasteiger partial charge >= 0.3 is 0 Å². The Kier molecular flexibility index (Phi) is 4.84. The fourth-order valence-electron chi connectivity index (χ4n) is 1.15. The molecule has 0 aliphatic heterocycles. The Labute approximate surface area is 87.1 Å². The maximum absolute atomic E-state index is 13.1. The summed E-state index contributed by atoms with van der Waals surface area (Å²) in [5.74, 6) is -0.246. The molecule has 0 heterocycles. The lowest BCUT2D eigenvalue weighted by molar-refractivity contribution is 0.579. The third kappa shape index (κ3) is 3.60. The molecule has 0 spiro atoms. The lowest BCUT2D eigenvalue weighted by atomic mass is 10.1. The van der Waals surface area contributed by atoms with Gasteiger partial charge < -0.3 is 5.32 Å². The van der Waals surface area contributed by atoms with E-state index in [2.05, 4.69) is 5.32 Å². The van der Waals surface area contributed by atoms with Crippen LogP contribution in [-0.2, 0) is 6.42 Å². The Morgan fingerprint density at radius 2 is 2.00 bits per heavy atom. The molecule has 0 unspecified atom stereocenters. The van der Waals surface area contributed by atoms with Gasteiger partial charge in [0, 0.05) is 12.4 Å². The van der Waals surface area contributed by atoms with E-state index in [-0.39, 0.29) is 5.82 Å². The van der Waals surface area contributed by atoms with Crippen LogP contribution < -0.4 is 5.32 Å². The minimum Gasteiger partial charge on any atom is -0.315 e. The molecule has 0 atom stereocenters. The van der Waals surface area contributed by atoms with Crippen LogP contribution in [0.15, 0.2) is 18.2 Å². The predicted molar refractivity (Wildman–Crippen MR) is 53.7 cm³/mol. The topological polar surface area (TPSA) is 12.0 Å². The first kappa shape index (κ1) is 11.4. The molecule has 0 aliphatic carbocycles. The number of nitrogens with one attached hydrogen (secondary N) is 1. The van der Waals surface area contributed by atoms with Crippen molar-refractivity contribution in [2.75, 3.05) is 19.0 Å². The maximum atomic E-state index is 13.1. The number of hydrogen-bond donors (Lipinski definition) is 1. The first-order chi connectivity index (χ1) is 6.74. The van der Waals surface area contributed by atoms with Crippen LogP contribution in [0.25, 0.3) is 0 Å². The van der Waals surface area contributed by atoms with Crippen LogP contribution in [0, 0.1) is 11.6 Å². The molecule has 4 heteroatoms. The lowest BCUT2D eigenvalue weighted by Crippen LogP contribution is -2.19. The highest BCUT2D eigenvalue weighted by molar-refractivity contribution is 6.18. The zero-order valence-corrected chi connectivity index (χ0v) is 8.45. The monoisotopic (exact) mass is 219 g/mol. The molecule has 0 radical (unpaired) electrons. The third-order valence-corrected chi connectivity index (χ3v) is 2.04. The lowest BCUT2D eigenvalue weighted by Gasteiger charge is -2.04. The van der Waals surface area contributed by atoms with Crippen LogP contribution in [-0.4, -0.2) is 19.0 Å². The van der Waals surface area contributed by atoms with Gasteiger partial charge in [-0.25, -0.2) is 8.78 Å². The first-order valence-corrected chi connectivity index (χ1v) is 4.98. The van der Waals surface area contributed by atoms with E-state index in [0.717, 1.165) is 12.1 Å². The second-order valence-corrected chi connectivity index (χ2v) is 3.30. The van der Waals surface area contributed by atoms with E-state index in [1.807, 2.05) is 0 Å². The molecule has 0 saturated heterocycles. The number of halogens is 3. The SMILES string of the molecule is Fc1ccc(F)c(CCNCCCl)c1. The van der Waals surface area contributed by atoms with Crippen molar-refractivity contribution in [3.8, 4) is 0 Å². The number of benzene rings is 1. The molecule has 0 fully saturated rings. The standard InChI is InChI=1S/C10H12ClF2N/c11-4-6-14-5-3-8-7-9(12)1-2-10(8)13/h1-2,7,14H,3-6H2. The fourth-order valence-corrected chi connectivity index (χ4v) is 1.28. The molecule has 1 nitrogen and oxygen atoms in total. The Hall–Kier alpha value is -0.670. The normalized spacial score (nSPS) is 10.5. The summed E-state index contributed by atoms with van der Waals surface area (Å²) in [6.45, 7) is 1.28. The quantitative estimate of drug-likeness (QED) is 0.592. The summed E-state index contributed by atoms with van der Waals surface area (Å²) >= 11 is 5.44. The molecule has 1 aromatic carbocycles. The van der Waals surface area contributed by atoms with E-state index in [9.17, 15) is 8.78 Å². The highest BCUT2D eigenvalue weighted by Gasteiger charge is 2.02. The summed E-state index contributed by atoms with van der Waals surface area (Å²) in [5.41, 5.74) is 0.395. The van der Waals surface area contributed by atoms with Gasteiger partial charge in [0.1, 0.15) is 11.6 Å². The van der Waals surface area contributed by atoms with Crippen LogP contribution in [0.5, 0.6) is 0 Å². The average Bonchev–Trinajstić information content (AvgIpc) is 2.18. The summed E-state index contributed by atoms with van der Waals surface area (Å²) in [4.78, 5) is 0. The van der Waals surface area contributed by atoms with Crippen molar-refractivity contribution >= 4 is 11.6 Å². The van der Waals surface area contributed by atoms with Gasteiger partial charge in [0.15, 0.2) is 0 Å². The molecule has 0 aromatic heterocycles. The van der Waals surface area contributed by atoms with Gasteiger partial charge in [0.25, 0.3) is 0 Å². The smallest absolute Gasteiger partial charge is 0.126 e. The third-order valence-electron chi connectivity index (χ3n) is 1.85. The Balaban J connectivity index is 2.45. The maximum Gasteiger partial charge on any atom is 0.126 e. The first-order valence-electron chi connectivity index (χ1n) is 4.44. The van der Waals surface area contributed by atoms with Crippen LogP contribution in [0.3, 0.4) is 0 Å². The van der Waals surface area contributed by atoms with Gasteiger partial charge in [-0.1, -0.05) is 0 Å².